The number of amides is 1. The maximum absolute atomic E-state index is 12.9. The topological polar surface area (TPSA) is 95.9 Å². The average molecular weight is 377 g/mol. The van der Waals surface area contributed by atoms with Crippen LogP contribution in [0.1, 0.15) is 45.4 Å². The number of rotatable bonds is 9. The molecule has 2 aliphatic rings. The highest BCUT2D eigenvalue weighted by Gasteiger charge is 2.39. The van der Waals surface area contributed by atoms with Crippen LogP contribution in [-0.4, -0.2) is 80.3 Å². The maximum Gasteiger partial charge on any atom is 0.237 e. The van der Waals surface area contributed by atoms with E-state index in [1.807, 2.05) is 11.8 Å². The van der Waals surface area contributed by atoms with Gasteiger partial charge in [-0.15, -0.1) is 0 Å². The van der Waals surface area contributed by atoms with E-state index in [1.165, 1.54) is 0 Å². The molecule has 1 aliphatic carbocycles. The van der Waals surface area contributed by atoms with Crippen LogP contribution in [0.5, 0.6) is 0 Å². The predicted octanol–water partition coefficient (Wildman–Crippen LogP) is 0.322. The van der Waals surface area contributed by atoms with Gasteiger partial charge in [0, 0.05) is 31.3 Å². The molecular weight excluding hydrogens is 344 g/mol. The molecule has 0 radical (unpaired) electrons. The summed E-state index contributed by atoms with van der Waals surface area (Å²) in [6, 6.07) is -0.0481. The van der Waals surface area contributed by atoms with Gasteiger partial charge in [-0.05, 0) is 32.6 Å². The van der Waals surface area contributed by atoms with E-state index in [2.05, 4.69) is 5.32 Å². The molecule has 0 aromatic heterocycles. The molecule has 2 atom stereocenters. The predicted molar refractivity (Wildman–Crippen MR) is 96.1 cm³/mol. The van der Waals surface area contributed by atoms with Gasteiger partial charge in [-0.25, -0.2) is 8.42 Å². The SMILES string of the molecule is COC[C@@](C)(CCO)NCC(=O)N(C1CCCC1)[C@@H]1CCS(=O)(=O)C1. The summed E-state index contributed by atoms with van der Waals surface area (Å²) >= 11 is 0. The quantitative estimate of drug-likeness (QED) is 0.602. The van der Waals surface area contributed by atoms with Crippen LogP contribution in [-0.2, 0) is 19.4 Å². The first-order valence-electron chi connectivity index (χ1n) is 9.17. The number of hydrogen-bond acceptors (Lipinski definition) is 6. The van der Waals surface area contributed by atoms with Crippen LogP contribution in [0, 0.1) is 0 Å². The number of hydrogen-bond donors (Lipinski definition) is 2. The van der Waals surface area contributed by atoms with E-state index in [0.29, 0.717) is 19.4 Å². The Morgan fingerprint density at radius 3 is 2.48 bits per heavy atom. The van der Waals surface area contributed by atoms with E-state index in [4.69, 9.17) is 4.74 Å². The van der Waals surface area contributed by atoms with Gasteiger partial charge in [0.25, 0.3) is 0 Å². The Balaban J connectivity index is 2.05. The first kappa shape index (κ1) is 20.6. The van der Waals surface area contributed by atoms with Crippen LogP contribution < -0.4 is 5.32 Å². The third-order valence-electron chi connectivity index (χ3n) is 5.40. The van der Waals surface area contributed by atoms with Crippen LogP contribution in [0.15, 0.2) is 0 Å². The summed E-state index contributed by atoms with van der Waals surface area (Å²) in [6.07, 6.45) is 5.11. The van der Waals surface area contributed by atoms with E-state index in [-0.39, 0.29) is 42.6 Å². The molecular formula is C17H32N2O5S. The molecule has 146 valence electrons. The smallest absolute Gasteiger partial charge is 0.237 e. The van der Waals surface area contributed by atoms with Crippen LogP contribution in [0.2, 0.25) is 0 Å². The number of aliphatic hydroxyl groups is 1. The van der Waals surface area contributed by atoms with Crippen molar-refractivity contribution in [3.8, 4) is 0 Å². The number of nitrogens with zero attached hydrogens (tertiary/aromatic N) is 1. The molecule has 2 rings (SSSR count). The van der Waals surface area contributed by atoms with Gasteiger partial charge in [-0.1, -0.05) is 12.8 Å². The number of ether oxygens (including phenoxy) is 1. The summed E-state index contributed by atoms with van der Waals surface area (Å²) in [7, 11) is -1.44. The summed E-state index contributed by atoms with van der Waals surface area (Å²) in [5.41, 5.74) is -0.484. The van der Waals surface area contributed by atoms with E-state index in [9.17, 15) is 18.3 Å². The van der Waals surface area contributed by atoms with E-state index >= 15 is 0 Å². The zero-order valence-corrected chi connectivity index (χ0v) is 16.2. The molecule has 1 heterocycles. The molecule has 8 heteroatoms. The normalized spacial score (nSPS) is 25.8. The fourth-order valence-electron chi connectivity index (χ4n) is 4.04. The molecule has 2 N–H and O–H groups in total. The van der Waals surface area contributed by atoms with Crippen molar-refractivity contribution < 1.29 is 23.1 Å². The first-order valence-corrected chi connectivity index (χ1v) is 11.0. The molecule has 0 aromatic rings. The van der Waals surface area contributed by atoms with Crippen molar-refractivity contribution >= 4 is 15.7 Å². The molecule has 0 bridgehead atoms. The third-order valence-corrected chi connectivity index (χ3v) is 7.15. The van der Waals surface area contributed by atoms with Gasteiger partial charge in [0.05, 0.1) is 24.7 Å². The highest BCUT2D eigenvalue weighted by atomic mass is 32.2. The van der Waals surface area contributed by atoms with Crippen LogP contribution in [0.25, 0.3) is 0 Å². The van der Waals surface area contributed by atoms with Crippen LogP contribution in [0.4, 0.5) is 0 Å². The van der Waals surface area contributed by atoms with Crippen molar-refractivity contribution in [1.29, 1.82) is 0 Å². The van der Waals surface area contributed by atoms with Crippen molar-refractivity contribution in [2.45, 2.75) is 63.1 Å². The lowest BCUT2D eigenvalue weighted by Gasteiger charge is -2.36. The molecule has 2 fully saturated rings. The number of aliphatic hydroxyl groups excluding tert-OH is 1. The second-order valence-corrected chi connectivity index (χ2v) is 9.85. The van der Waals surface area contributed by atoms with Crippen LogP contribution >= 0.6 is 0 Å². The van der Waals surface area contributed by atoms with Gasteiger partial charge >= 0.3 is 0 Å². The Morgan fingerprint density at radius 2 is 1.96 bits per heavy atom. The standard InChI is InChI=1S/C17H32N2O5S/c1-17(8-9-20,13-24-2)18-11-16(21)19(14-5-3-4-6-14)15-7-10-25(22,23)12-15/h14-15,18,20H,3-13H2,1-2H3/t15-,17-/m1/s1. The van der Waals surface area contributed by atoms with Gasteiger partial charge in [0.15, 0.2) is 9.84 Å². The number of nitrogens with one attached hydrogen (secondary N) is 1. The Bertz CT molecular complexity index is 539. The Hall–Kier alpha value is -0.700. The summed E-state index contributed by atoms with van der Waals surface area (Å²) in [6.45, 7) is 2.45. The molecule has 0 unspecified atom stereocenters. The molecule has 1 amide bonds. The Morgan fingerprint density at radius 1 is 1.28 bits per heavy atom. The fourth-order valence-corrected chi connectivity index (χ4v) is 5.75. The van der Waals surface area contributed by atoms with Crippen LogP contribution in [0.3, 0.4) is 0 Å². The fraction of sp³-hybridized carbons (Fsp3) is 0.941. The van der Waals surface area contributed by atoms with Gasteiger partial charge in [-0.2, -0.15) is 0 Å². The van der Waals surface area contributed by atoms with Crippen molar-refractivity contribution in [3.05, 3.63) is 0 Å². The minimum absolute atomic E-state index is 0.00819. The monoisotopic (exact) mass is 376 g/mol. The summed E-state index contributed by atoms with van der Waals surface area (Å²) in [4.78, 5) is 14.8. The molecule has 1 saturated heterocycles. The largest absolute Gasteiger partial charge is 0.396 e. The van der Waals surface area contributed by atoms with Gasteiger partial charge < -0.3 is 20.1 Å². The second kappa shape index (κ2) is 8.79. The van der Waals surface area contributed by atoms with Gasteiger partial charge in [0.2, 0.25) is 5.91 Å². The van der Waals surface area contributed by atoms with Gasteiger partial charge in [0.1, 0.15) is 0 Å². The molecule has 0 aromatic carbocycles. The molecule has 0 spiro atoms. The molecule has 7 nitrogen and oxygen atoms in total. The van der Waals surface area contributed by atoms with E-state index in [1.54, 1.807) is 7.11 Å². The first-order chi connectivity index (χ1) is 11.8. The summed E-state index contributed by atoms with van der Waals surface area (Å²) in [5.74, 6) is 0.212. The zero-order valence-electron chi connectivity index (χ0n) is 15.4. The Kier molecular flexibility index (Phi) is 7.25. The lowest BCUT2D eigenvalue weighted by Crippen LogP contribution is -2.55. The number of sulfone groups is 1. The molecule has 1 aliphatic heterocycles. The average Bonchev–Trinajstić information content (AvgIpc) is 3.16. The van der Waals surface area contributed by atoms with Crippen molar-refractivity contribution in [2.75, 3.05) is 38.4 Å². The number of carbonyl (C=O) groups excluding carboxylic acids is 1. The molecule has 1 saturated carbocycles. The Labute approximate surface area is 151 Å². The highest BCUT2D eigenvalue weighted by Crippen LogP contribution is 2.29. The minimum Gasteiger partial charge on any atom is -0.396 e. The van der Waals surface area contributed by atoms with E-state index in [0.717, 1.165) is 25.7 Å². The number of methoxy groups -OCH3 is 1. The van der Waals surface area contributed by atoms with E-state index < -0.39 is 15.4 Å². The minimum atomic E-state index is -3.03. The lowest BCUT2D eigenvalue weighted by atomic mass is 9.99. The number of carbonyl (C=O) groups is 1. The summed E-state index contributed by atoms with van der Waals surface area (Å²) in [5, 5.41) is 12.5. The lowest BCUT2D eigenvalue weighted by molar-refractivity contribution is -0.135. The van der Waals surface area contributed by atoms with Crippen molar-refractivity contribution in [3.63, 3.8) is 0 Å². The summed E-state index contributed by atoms with van der Waals surface area (Å²) < 4.78 is 28.9. The maximum atomic E-state index is 12.9. The zero-order chi connectivity index (χ0) is 18.5. The highest BCUT2D eigenvalue weighted by molar-refractivity contribution is 7.91. The molecule has 25 heavy (non-hydrogen) atoms. The third kappa shape index (κ3) is 5.64. The van der Waals surface area contributed by atoms with Crippen molar-refractivity contribution in [1.82, 2.24) is 10.2 Å². The van der Waals surface area contributed by atoms with Gasteiger partial charge in [-0.3, -0.25) is 4.79 Å². The van der Waals surface area contributed by atoms with Crippen molar-refractivity contribution in [2.24, 2.45) is 0 Å². The second-order valence-electron chi connectivity index (χ2n) is 7.62.